The van der Waals surface area contributed by atoms with E-state index in [1.54, 1.807) is 18.2 Å². The fraction of sp³-hybridized carbons (Fsp3) is 0.111. The van der Waals surface area contributed by atoms with Gasteiger partial charge in [0, 0.05) is 0 Å². The van der Waals surface area contributed by atoms with E-state index in [1.807, 2.05) is 31.2 Å². The number of aromatic nitrogens is 2. The van der Waals surface area contributed by atoms with E-state index in [1.165, 1.54) is 6.33 Å². The van der Waals surface area contributed by atoms with Crippen LogP contribution in [0.3, 0.4) is 0 Å². The maximum absolute atomic E-state index is 6.22. The third-order valence-corrected chi connectivity index (χ3v) is 4.35. The van der Waals surface area contributed by atoms with Gasteiger partial charge in [-0.2, -0.15) is 0 Å². The Hall–Kier alpha value is -2.70. The summed E-state index contributed by atoms with van der Waals surface area (Å²) < 4.78 is 5.61. The van der Waals surface area contributed by atoms with Gasteiger partial charge in [-0.05, 0) is 31.2 Å². The molecule has 0 fully saturated rings. The number of para-hydroxylation sites is 2. The minimum Gasteiger partial charge on any atom is -0.492 e. The van der Waals surface area contributed by atoms with Gasteiger partial charge in [-0.3, -0.25) is 0 Å². The van der Waals surface area contributed by atoms with E-state index < -0.39 is 0 Å². The van der Waals surface area contributed by atoms with Gasteiger partial charge in [0.05, 0.1) is 28.0 Å². The fourth-order valence-electron chi connectivity index (χ4n) is 2.30. The van der Waals surface area contributed by atoms with Crippen molar-refractivity contribution in [3.05, 3.63) is 58.8 Å². The molecule has 1 aromatic heterocycles. The number of nitrogens with one attached hydrogen (secondary N) is 2. The quantitative estimate of drug-likeness (QED) is 0.533. The summed E-state index contributed by atoms with van der Waals surface area (Å²) in [6, 6.07) is 12.8. The molecule has 0 aliphatic carbocycles. The van der Waals surface area contributed by atoms with Crippen LogP contribution in [-0.4, -0.2) is 16.6 Å². The predicted molar refractivity (Wildman–Crippen MR) is 107 cm³/mol. The van der Waals surface area contributed by atoms with Crippen LogP contribution in [0.2, 0.25) is 10.0 Å². The van der Waals surface area contributed by atoms with E-state index in [2.05, 4.69) is 20.6 Å². The molecule has 0 atom stereocenters. The first-order valence-corrected chi connectivity index (χ1v) is 8.66. The van der Waals surface area contributed by atoms with Crippen LogP contribution in [0, 0.1) is 0 Å². The molecule has 8 heteroatoms. The summed E-state index contributed by atoms with van der Waals surface area (Å²) in [4.78, 5) is 8.40. The number of ether oxygens (including phenoxy) is 1. The second-order valence-electron chi connectivity index (χ2n) is 5.27. The van der Waals surface area contributed by atoms with Crippen molar-refractivity contribution in [2.45, 2.75) is 6.92 Å². The fourth-order valence-corrected chi connectivity index (χ4v) is 2.65. The van der Waals surface area contributed by atoms with Gasteiger partial charge in [0.1, 0.15) is 17.8 Å². The van der Waals surface area contributed by atoms with E-state index in [0.717, 1.165) is 5.69 Å². The lowest BCUT2D eigenvalue weighted by Gasteiger charge is -2.15. The molecular formula is C18H17Cl2N5O. The lowest BCUT2D eigenvalue weighted by molar-refractivity contribution is 0.342. The Morgan fingerprint density at radius 3 is 2.35 bits per heavy atom. The number of halogens is 2. The minimum absolute atomic E-state index is 0.342. The third kappa shape index (κ3) is 3.92. The normalized spacial score (nSPS) is 10.4. The SMILES string of the molecule is CCOc1ccccc1Nc1ncnc(Nc2cccc(Cl)c2Cl)c1N. The van der Waals surface area contributed by atoms with Crippen LogP contribution >= 0.6 is 23.2 Å². The molecule has 6 nitrogen and oxygen atoms in total. The van der Waals surface area contributed by atoms with Crippen LogP contribution in [0.25, 0.3) is 0 Å². The number of benzene rings is 2. The largest absolute Gasteiger partial charge is 0.492 e. The summed E-state index contributed by atoms with van der Waals surface area (Å²) in [6.45, 7) is 2.48. The molecule has 3 rings (SSSR count). The van der Waals surface area contributed by atoms with E-state index in [9.17, 15) is 0 Å². The molecule has 0 spiro atoms. The number of hydrogen-bond donors (Lipinski definition) is 3. The topological polar surface area (TPSA) is 85.1 Å². The summed E-state index contributed by atoms with van der Waals surface area (Å²) >= 11 is 12.3. The Morgan fingerprint density at radius 2 is 1.62 bits per heavy atom. The number of hydrogen-bond acceptors (Lipinski definition) is 6. The number of nitrogens with two attached hydrogens (primary N) is 1. The van der Waals surface area contributed by atoms with Gasteiger partial charge in [-0.15, -0.1) is 0 Å². The van der Waals surface area contributed by atoms with Crippen molar-refractivity contribution in [2.75, 3.05) is 23.0 Å². The predicted octanol–water partition coefficient (Wildman–Crippen LogP) is 5.25. The first-order chi connectivity index (χ1) is 12.6. The molecular weight excluding hydrogens is 373 g/mol. The summed E-state index contributed by atoms with van der Waals surface area (Å²) in [5.74, 6) is 1.58. The van der Waals surface area contributed by atoms with Gasteiger partial charge in [0.2, 0.25) is 0 Å². The Morgan fingerprint density at radius 1 is 0.962 bits per heavy atom. The third-order valence-electron chi connectivity index (χ3n) is 3.53. The van der Waals surface area contributed by atoms with Crippen molar-refractivity contribution < 1.29 is 4.74 Å². The van der Waals surface area contributed by atoms with Crippen LogP contribution in [0.5, 0.6) is 5.75 Å². The van der Waals surface area contributed by atoms with Crippen molar-refractivity contribution in [1.82, 2.24) is 9.97 Å². The van der Waals surface area contributed by atoms with E-state index in [4.69, 9.17) is 33.7 Å². The average Bonchev–Trinajstić information content (AvgIpc) is 2.64. The first kappa shape index (κ1) is 18.1. The average molecular weight is 390 g/mol. The Bertz CT molecular complexity index is 920. The smallest absolute Gasteiger partial charge is 0.159 e. The van der Waals surface area contributed by atoms with E-state index >= 15 is 0 Å². The van der Waals surface area contributed by atoms with Crippen LogP contribution in [0.4, 0.5) is 28.7 Å². The van der Waals surface area contributed by atoms with Gasteiger partial charge in [-0.25, -0.2) is 9.97 Å². The Kier molecular flexibility index (Phi) is 5.65. The van der Waals surface area contributed by atoms with Gasteiger partial charge in [-0.1, -0.05) is 41.4 Å². The van der Waals surface area contributed by atoms with E-state index in [-0.39, 0.29) is 0 Å². The molecule has 0 bridgehead atoms. The highest BCUT2D eigenvalue weighted by atomic mass is 35.5. The molecule has 0 saturated carbocycles. The molecule has 0 radical (unpaired) electrons. The van der Waals surface area contributed by atoms with Gasteiger partial charge < -0.3 is 21.1 Å². The summed E-state index contributed by atoms with van der Waals surface area (Å²) in [6.07, 6.45) is 1.41. The van der Waals surface area contributed by atoms with Crippen LogP contribution in [0.1, 0.15) is 6.92 Å². The highest BCUT2D eigenvalue weighted by Crippen LogP contribution is 2.35. The molecule has 0 aliphatic heterocycles. The molecule has 0 amide bonds. The molecule has 0 unspecified atom stereocenters. The van der Waals surface area contributed by atoms with Crippen molar-refractivity contribution in [3.8, 4) is 5.75 Å². The maximum Gasteiger partial charge on any atom is 0.159 e. The maximum atomic E-state index is 6.22. The molecule has 26 heavy (non-hydrogen) atoms. The zero-order valence-electron chi connectivity index (χ0n) is 14.0. The van der Waals surface area contributed by atoms with Crippen LogP contribution in [0.15, 0.2) is 48.8 Å². The molecule has 134 valence electrons. The second-order valence-corrected chi connectivity index (χ2v) is 6.05. The molecule has 1 heterocycles. The first-order valence-electron chi connectivity index (χ1n) is 7.90. The molecule has 0 aliphatic rings. The van der Waals surface area contributed by atoms with Crippen molar-refractivity contribution in [3.63, 3.8) is 0 Å². The highest BCUT2D eigenvalue weighted by Gasteiger charge is 2.13. The molecule has 3 aromatic rings. The Balaban J connectivity index is 1.89. The number of nitrogens with zero attached hydrogens (tertiary/aromatic N) is 2. The summed E-state index contributed by atoms with van der Waals surface area (Å²) in [7, 11) is 0. The lowest BCUT2D eigenvalue weighted by Crippen LogP contribution is -2.06. The molecule has 4 N–H and O–H groups in total. The van der Waals surface area contributed by atoms with Gasteiger partial charge in [0.15, 0.2) is 11.6 Å². The van der Waals surface area contributed by atoms with Crippen molar-refractivity contribution >= 4 is 51.9 Å². The van der Waals surface area contributed by atoms with Gasteiger partial charge >= 0.3 is 0 Å². The van der Waals surface area contributed by atoms with Gasteiger partial charge in [0.25, 0.3) is 0 Å². The second kappa shape index (κ2) is 8.12. The summed E-state index contributed by atoms with van der Waals surface area (Å²) in [5.41, 5.74) is 7.92. The monoisotopic (exact) mass is 389 g/mol. The standard InChI is InChI=1S/C18H17Cl2N5O/c1-2-26-14-9-4-3-7-12(14)24-17-16(21)18(23-10-22-17)25-13-8-5-6-11(19)15(13)20/h3-10H,2,21H2,1H3,(H2,22,23,24,25). The minimum atomic E-state index is 0.342. The molecule has 0 saturated heterocycles. The highest BCUT2D eigenvalue weighted by molar-refractivity contribution is 6.43. The zero-order chi connectivity index (χ0) is 18.5. The van der Waals surface area contributed by atoms with Crippen LogP contribution < -0.4 is 21.1 Å². The lowest BCUT2D eigenvalue weighted by atomic mass is 10.2. The summed E-state index contributed by atoms with van der Waals surface area (Å²) in [5, 5.41) is 7.09. The van der Waals surface area contributed by atoms with Crippen molar-refractivity contribution in [2.24, 2.45) is 0 Å². The zero-order valence-corrected chi connectivity index (χ0v) is 15.5. The number of nitrogen functional groups attached to an aromatic ring is 1. The number of rotatable bonds is 6. The Labute approximate surface area is 161 Å². The van der Waals surface area contributed by atoms with Crippen molar-refractivity contribution in [1.29, 1.82) is 0 Å². The molecule has 2 aromatic carbocycles. The number of anilines is 5. The van der Waals surface area contributed by atoms with E-state index in [0.29, 0.717) is 45.4 Å². The van der Waals surface area contributed by atoms with Crippen LogP contribution in [-0.2, 0) is 0 Å².